The first kappa shape index (κ1) is 29.3. The molecule has 8 nitrogen and oxygen atoms in total. The van der Waals surface area contributed by atoms with Crippen LogP contribution in [0, 0.1) is 18.8 Å². The molecule has 2 atom stereocenters. The van der Waals surface area contributed by atoms with Crippen molar-refractivity contribution >= 4 is 41.2 Å². The van der Waals surface area contributed by atoms with Crippen LogP contribution in [0.25, 0.3) is 0 Å². The van der Waals surface area contributed by atoms with Crippen molar-refractivity contribution in [3.63, 3.8) is 0 Å². The van der Waals surface area contributed by atoms with E-state index in [0.717, 1.165) is 52.6 Å². The van der Waals surface area contributed by atoms with Crippen molar-refractivity contribution in [1.82, 2.24) is 5.43 Å². The zero-order valence-corrected chi connectivity index (χ0v) is 25.7. The minimum Gasteiger partial charge on any atom is -0.318 e. The van der Waals surface area contributed by atoms with E-state index in [1.54, 1.807) is 30.5 Å². The van der Waals surface area contributed by atoms with Gasteiger partial charge in [-0.25, -0.2) is 10.3 Å². The fourth-order valence-corrected chi connectivity index (χ4v) is 7.57. The molecule has 0 aromatic heterocycles. The highest BCUT2D eigenvalue weighted by molar-refractivity contribution is 6.39. The Morgan fingerprint density at radius 2 is 1.46 bits per heavy atom. The molecule has 46 heavy (non-hydrogen) atoms. The van der Waals surface area contributed by atoms with Crippen LogP contribution in [0.15, 0.2) is 102 Å². The molecular weight excluding hydrogens is 576 g/mol. The number of anilines is 2. The number of carbonyl (C=O) groups excluding carboxylic acids is 4. The highest BCUT2D eigenvalue weighted by Gasteiger charge is 2.68. The van der Waals surface area contributed by atoms with Crippen molar-refractivity contribution in [1.29, 1.82) is 0 Å². The minimum absolute atomic E-state index is 0.255. The summed E-state index contributed by atoms with van der Waals surface area (Å²) in [6.07, 6.45) is 4.67. The summed E-state index contributed by atoms with van der Waals surface area (Å²) in [6.45, 7) is 4.09. The molecule has 0 saturated carbocycles. The average Bonchev–Trinajstić information content (AvgIpc) is 3.35. The molecule has 1 aliphatic heterocycles. The molecule has 8 rings (SSSR count). The van der Waals surface area contributed by atoms with Crippen molar-refractivity contribution in [3.05, 3.63) is 130 Å². The Balaban J connectivity index is 1.23. The van der Waals surface area contributed by atoms with E-state index in [0.29, 0.717) is 11.4 Å². The monoisotopic (exact) mass is 610 g/mol. The third kappa shape index (κ3) is 4.55. The van der Waals surface area contributed by atoms with Gasteiger partial charge in [-0.3, -0.25) is 19.2 Å². The van der Waals surface area contributed by atoms with Gasteiger partial charge < -0.3 is 5.32 Å². The lowest BCUT2D eigenvalue weighted by Crippen LogP contribution is -2.54. The van der Waals surface area contributed by atoms with Gasteiger partial charge in [0, 0.05) is 17.8 Å². The Morgan fingerprint density at radius 3 is 2.09 bits per heavy atom. The first-order chi connectivity index (χ1) is 22.3. The molecule has 0 spiro atoms. The van der Waals surface area contributed by atoms with Gasteiger partial charge in [-0.15, -0.1) is 0 Å². The molecule has 1 saturated heterocycles. The average molecular weight is 611 g/mol. The molecule has 4 aromatic rings. The Labute approximate surface area is 267 Å². The van der Waals surface area contributed by atoms with Crippen LogP contribution in [0.5, 0.6) is 0 Å². The van der Waals surface area contributed by atoms with Gasteiger partial charge in [0.25, 0.3) is 0 Å². The number of rotatable bonds is 7. The van der Waals surface area contributed by atoms with Gasteiger partial charge in [-0.05, 0) is 71.8 Å². The maximum absolute atomic E-state index is 14.4. The molecule has 4 aliphatic rings. The van der Waals surface area contributed by atoms with Gasteiger partial charge in [0.05, 0.1) is 22.9 Å². The molecule has 2 unspecified atom stereocenters. The highest BCUT2D eigenvalue weighted by Crippen LogP contribution is 2.63. The van der Waals surface area contributed by atoms with Crippen molar-refractivity contribution in [2.24, 2.45) is 16.9 Å². The number of hydrogen-bond donors (Lipinski definition) is 2. The summed E-state index contributed by atoms with van der Waals surface area (Å²) in [5.41, 5.74) is 8.07. The number of amides is 4. The summed E-state index contributed by atoms with van der Waals surface area (Å²) in [4.78, 5) is 55.7. The summed E-state index contributed by atoms with van der Waals surface area (Å²) in [6, 6.07) is 30.4. The third-order valence-corrected chi connectivity index (χ3v) is 9.65. The molecule has 3 aliphatic carbocycles. The van der Waals surface area contributed by atoms with Gasteiger partial charge in [0.2, 0.25) is 11.8 Å². The zero-order chi connectivity index (χ0) is 32.0. The SMILES string of the molecule is CCCCc1ccc(NC(=O)C(=O)N/N=C/C23c4ccccc4C(c4ccccc42)C2C(=O)N(c4ccc(C)cc4)C(=O)C23)cc1. The summed E-state index contributed by atoms with van der Waals surface area (Å²) in [7, 11) is 0. The highest BCUT2D eigenvalue weighted by atomic mass is 16.2. The minimum atomic E-state index is -1.16. The molecule has 2 N–H and O–H groups in total. The predicted octanol–water partition coefficient (Wildman–Crippen LogP) is 5.63. The van der Waals surface area contributed by atoms with E-state index in [-0.39, 0.29) is 17.7 Å². The second-order valence-electron chi connectivity index (χ2n) is 12.3. The topological polar surface area (TPSA) is 108 Å². The lowest BCUT2D eigenvalue weighted by molar-refractivity contribution is -0.136. The second kappa shape index (κ2) is 11.5. The fraction of sp³-hybridized carbons (Fsp3) is 0.237. The molecule has 2 bridgehead atoms. The van der Waals surface area contributed by atoms with E-state index in [1.165, 1.54) is 4.90 Å². The summed E-state index contributed by atoms with van der Waals surface area (Å²) in [5.74, 6) is -4.14. The number of carbonyl (C=O) groups is 4. The first-order valence-electron chi connectivity index (χ1n) is 15.7. The Kier molecular flexibility index (Phi) is 7.35. The van der Waals surface area contributed by atoms with E-state index in [2.05, 4.69) is 22.8 Å². The Hall–Kier alpha value is -5.37. The summed E-state index contributed by atoms with van der Waals surface area (Å²) >= 11 is 0. The van der Waals surface area contributed by atoms with Gasteiger partial charge in [-0.2, -0.15) is 5.10 Å². The van der Waals surface area contributed by atoms with E-state index in [1.807, 2.05) is 79.7 Å². The number of aryl methyl sites for hydroxylation is 2. The number of benzene rings is 4. The second-order valence-corrected chi connectivity index (χ2v) is 12.3. The molecule has 4 aromatic carbocycles. The zero-order valence-electron chi connectivity index (χ0n) is 25.7. The van der Waals surface area contributed by atoms with Crippen molar-refractivity contribution in [3.8, 4) is 0 Å². The molecule has 1 fully saturated rings. The molecule has 0 radical (unpaired) electrons. The van der Waals surface area contributed by atoms with Crippen LogP contribution in [-0.4, -0.2) is 29.8 Å². The van der Waals surface area contributed by atoms with Crippen molar-refractivity contribution in [2.45, 2.75) is 44.4 Å². The Bertz CT molecular complexity index is 1850. The maximum Gasteiger partial charge on any atom is 0.329 e. The molecule has 4 amide bonds. The number of nitrogens with zero attached hydrogens (tertiary/aromatic N) is 2. The van der Waals surface area contributed by atoms with Crippen LogP contribution < -0.4 is 15.6 Å². The summed E-state index contributed by atoms with van der Waals surface area (Å²) < 4.78 is 0. The van der Waals surface area contributed by atoms with Crippen LogP contribution in [0.3, 0.4) is 0 Å². The lowest BCUT2D eigenvalue weighted by atomic mass is 9.47. The normalized spacial score (nSPS) is 22.4. The van der Waals surface area contributed by atoms with Gasteiger partial charge >= 0.3 is 11.8 Å². The third-order valence-electron chi connectivity index (χ3n) is 9.65. The lowest BCUT2D eigenvalue weighted by Gasteiger charge is -2.52. The quantitative estimate of drug-likeness (QED) is 0.122. The predicted molar refractivity (Wildman–Crippen MR) is 176 cm³/mol. The van der Waals surface area contributed by atoms with E-state index in [4.69, 9.17) is 0 Å². The molecular formula is C38H34N4O4. The Morgan fingerprint density at radius 1 is 0.826 bits per heavy atom. The molecule has 1 heterocycles. The van der Waals surface area contributed by atoms with Gasteiger partial charge in [-0.1, -0.05) is 91.7 Å². The van der Waals surface area contributed by atoms with Crippen LogP contribution in [0.2, 0.25) is 0 Å². The fourth-order valence-electron chi connectivity index (χ4n) is 7.57. The number of nitrogens with one attached hydrogen (secondary N) is 2. The van der Waals surface area contributed by atoms with E-state index in [9.17, 15) is 19.2 Å². The molecule has 230 valence electrons. The summed E-state index contributed by atoms with van der Waals surface area (Å²) in [5, 5.41) is 6.96. The van der Waals surface area contributed by atoms with E-state index >= 15 is 0 Å². The largest absolute Gasteiger partial charge is 0.329 e. The standard InChI is InChI=1S/C38H34N4O4/c1-3-4-9-24-16-18-25(19-17-24)40-34(43)35(44)41-39-22-38-29-12-7-5-10-27(29)31(28-11-6-8-13-30(28)38)32-33(38)37(46)42(36(32)45)26-20-14-23(2)15-21-26/h5-8,10-22,31-33H,3-4,9H2,1-2H3,(H,40,43)(H,41,44)/b39-22+. The first-order valence-corrected chi connectivity index (χ1v) is 15.7. The number of unbranched alkanes of at least 4 members (excludes halogenated alkanes) is 1. The van der Waals surface area contributed by atoms with Crippen molar-refractivity contribution in [2.75, 3.05) is 10.2 Å². The van der Waals surface area contributed by atoms with Crippen LogP contribution in [0.1, 0.15) is 59.1 Å². The van der Waals surface area contributed by atoms with Gasteiger partial charge in [0.15, 0.2) is 0 Å². The maximum atomic E-state index is 14.4. The number of hydrogen-bond acceptors (Lipinski definition) is 5. The number of imide groups is 1. The smallest absolute Gasteiger partial charge is 0.318 e. The van der Waals surface area contributed by atoms with Gasteiger partial charge in [0.1, 0.15) is 0 Å². The number of hydrazone groups is 1. The van der Waals surface area contributed by atoms with Crippen molar-refractivity contribution < 1.29 is 19.2 Å². The van der Waals surface area contributed by atoms with Crippen LogP contribution >= 0.6 is 0 Å². The van der Waals surface area contributed by atoms with E-state index < -0.39 is 29.1 Å². The van der Waals surface area contributed by atoms with Crippen LogP contribution in [-0.2, 0) is 31.0 Å². The molecule has 8 heteroatoms. The van der Waals surface area contributed by atoms with Crippen LogP contribution in [0.4, 0.5) is 11.4 Å².